The van der Waals surface area contributed by atoms with E-state index in [1.165, 1.54) is 0 Å². The summed E-state index contributed by atoms with van der Waals surface area (Å²) in [6.45, 7) is 0. The van der Waals surface area contributed by atoms with E-state index in [1.54, 1.807) is 28.4 Å². The third-order valence-electron chi connectivity index (χ3n) is 2.59. The largest absolute Gasteiger partial charge is 0.331 e. The van der Waals surface area contributed by atoms with Gasteiger partial charge >= 0.3 is 0 Å². The van der Waals surface area contributed by atoms with Crippen LogP contribution in [-0.2, 0) is 13.5 Å². The number of hydrogen-bond acceptors (Lipinski definition) is 4. The highest BCUT2D eigenvalue weighted by molar-refractivity contribution is 7.15. The molecule has 5 nitrogen and oxygen atoms in total. The zero-order valence-electron chi connectivity index (χ0n) is 9.20. The summed E-state index contributed by atoms with van der Waals surface area (Å²) in [6, 6.07) is 0. The summed E-state index contributed by atoms with van der Waals surface area (Å²) >= 11 is 1.56. The van der Waals surface area contributed by atoms with Gasteiger partial charge in [-0.05, 0) is 0 Å². The Hall–Kier alpha value is -1.95. The predicted octanol–water partition coefficient (Wildman–Crippen LogP) is 1.55. The van der Waals surface area contributed by atoms with Gasteiger partial charge in [-0.2, -0.15) is 0 Å². The number of fused-ring (bicyclic) bond motifs is 1. The Labute approximate surface area is 101 Å². The van der Waals surface area contributed by atoms with Gasteiger partial charge in [0.25, 0.3) is 0 Å². The van der Waals surface area contributed by atoms with Crippen molar-refractivity contribution in [3.63, 3.8) is 0 Å². The molecule has 0 saturated carbocycles. The van der Waals surface area contributed by atoms with E-state index in [4.69, 9.17) is 0 Å². The number of aryl methyl sites for hydroxylation is 1. The SMILES string of the molecule is Cn1cncc1C(=O)Cc1cn2ccsc2n1. The van der Waals surface area contributed by atoms with Gasteiger partial charge in [0.05, 0.1) is 24.6 Å². The van der Waals surface area contributed by atoms with Crippen LogP contribution in [-0.4, -0.2) is 24.7 Å². The van der Waals surface area contributed by atoms with Gasteiger partial charge in [0, 0.05) is 24.8 Å². The number of ketones is 1. The van der Waals surface area contributed by atoms with Gasteiger partial charge in [0.15, 0.2) is 10.7 Å². The summed E-state index contributed by atoms with van der Waals surface area (Å²) in [5.41, 5.74) is 1.41. The zero-order valence-corrected chi connectivity index (χ0v) is 10.0. The average Bonchev–Trinajstić information content (AvgIpc) is 2.92. The van der Waals surface area contributed by atoms with Crippen LogP contribution in [0, 0.1) is 0 Å². The molecule has 0 radical (unpaired) electrons. The molecule has 3 aromatic rings. The van der Waals surface area contributed by atoms with Crippen LogP contribution in [0.4, 0.5) is 0 Å². The van der Waals surface area contributed by atoms with Crippen LogP contribution in [0.15, 0.2) is 30.3 Å². The molecular formula is C11H10N4OS. The highest BCUT2D eigenvalue weighted by Crippen LogP contribution is 2.13. The van der Waals surface area contributed by atoms with Gasteiger partial charge in [-0.3, -0.25) is 9.20 Å². The Kier molecular flexibility index (Phi) is 2.29. The van der Waals surface area contributed by atoms with Crippen LogP contribution in [0.2, 0.25) is 0 Å². The third kappa shape index (κ3) is 1.76. The second kappa shape index (κ2) is 3.81. The Morgan fingerprint density at radius 3 is 3.12 bits per heavy atom. The van der Waals surface area contributed by atoms with Gasteiger partial charge in [0.1, 0.15) is 5.69 Å². The van der Waals surface area contributed by atoms with Gasteiger partial charge in [0.2, 0.25) is 0 Å². The van der Waals surface area contributed by atoms with Gasteiger partial charge in [-0.15, -0.1) is 11.3 Å². The number of nitrogens with zero attached hydrogens (tertiary/aromatic N) is 4. The third-order valence-corrected chi connectivity index (χ3v) is 3.36. The van der Waals surface area contributed by atoms with E-state index in [1.807, 2.05) is 29.2 Å². The van der Waals surface area contributed by atoms with Crippen LogP contribution in [0.1, 0.15) is 16.2 Å². The second-order valence-corrected chi connectivity index (χ2v) is 4.69. The minimum atomic E-state index is 0.0377. The maximum absolute atomic E-state index is 12.0. The molecular weight excluding hydrogens is 236 g/mol. The Morgan fingerprint density at radius 1 is 1.53 bits per heavy atom. The molecule has 0 bridgehead atoms. The molecule has 0 spiro atoms. The quantitative estimate of drug-likeness (QED) is 0.659. The van der Waals surface area contributed by atoms with Crippen LogP contribution < -0.4 is 0 Å². The molecule has 0 atom stereocenters. The lowest BCUT2D eigenvalue weighted by molar-refractivity contribution is 0.0984. The maximum atomic E-state index is 12.0. The molecule has 0 saturated heterocycles. The van der Waals surface area contributed by atoms with E-state index in [0.717, 1.165) is 10.7 Å². The molecule has 17 heavy (non-hydrogen) atoms. The first-order valence-electron chi connectivity index (χ1n) is 5.14. The van der Waals surface area contributed by atoms with Crippen molar-refractivity contribution in [2.75, 3.05) is 0 Å². The van der Waals surface area contributed by atoms with Crippen molar-refractivity contribution in [2.24, 2.45) is 7.05 Å². The number of Topliss-reactive ketones (excluding diaryl/α,β-unsaturated/α-hetero) is 1. The van der Waals surface area contributed by atoms with E-state index in [9.17, 15) is 4.79 Å². The summed E-state index contributed by atoms with van der Waals surface area (Å²) in [6.07, 6.45) is 7.35. The minimum Gasteiger partial charge on any atom is -0.331 e. The molecule has 0 amide bonds. The molecule has 0 aromatic carbocycles. The summed E-state index contributed by atoms with van der Waals surface area (Å²) in [5.74, 6) is 0.0377. The number of aromatic nitrogens is 4. The first-order chi connectivity index (χ1) is 8.24. The topological polar surface area (TPSA) is 52.2 Å². The molecule has 86 valence electrons. The molecule has 0 aliphatic rings. The molecule has 0 aliphatic carbocycles. The second-order valence-electron chi connectivity index (χ2n) is 3.81. The van der Waals surface area contributed by atoms with Gasteiger partial charge in [-0.25, -0.2) is 9.97 Å². The number of thiazole rings is 1. The van der Waals surface area contributed by atoms with Gasteiger partial charge in [-0.1, -0.05) is 0 Å². The smallest absolute Gasteiger partial charge is 0.193 e. The van der Waals surface area contributed by atoms with E-state index < -0.39 is 0 Å². The molecule has 3 rings (SSSR count). The average molecular weight is 246 g/mol. The van der Waals surface area contributed by atoms with Crippen LogP contribution in [0.3, 0.4) is 0 Å². The lowest BCUT2D eigenvalue weighted by atomic mass is 10.2. The number of carbonyl (C=O) groups is 1. The molecule has 3 heterocycles. The Morgan fingerprint density at radius 2 is 2.41 bits per heavy atom. The van der Waals surface area contributed by atoms with Crippen molar-refractivity contribution in [3.05, 3.63) is 41.7 Å². The standard InChI is InChI=1S/C11H10N4OS/c1-14-7-12-5-9(14)10(16)4-8-6-15-2-3-17-11(15)13-8/h2-3,5-7H,4H2,1H3. The summed E-state index contributed by atoms with van der Waals surface area (Å²) in [7, 11) is 1.81. The van der Waals surface area contributed by atoms with Crippen molar-refractivity contribution >= 4 is 22.1 Å². The maximum Gasteiger partial charge on any atom is 0.193 e. The molecule has 0 fully saturated rings. The first-order valence-corrected chi connectivity index (χ1v) is 6.02. The lowest BCUT2D eigenvalue weighted by Gasteiger charge is -1.98. The molecule has 3 aromatic heterocycles. The predicted molar refractivity (Wildman–Crippen MR) is 64.3 cm³/mol. The molecule has 0 unspecified atom stereocenters. The van der Waals surface area contributed by atoms with Crippen LogP contribution in [0.5, 0.6) is 0 Å². The lowest BCUT2D eigenvalue weighted by Crippen LogP contribution is -2.08. The fourth-order valence-corrected chi connectivity index (χ4v) is 2.46. The van der Waals surface area contributed by atoms with Crippen LogP contribution >= 0.6 is 11.3 Å². The van der Waals surface area contributed by atoms with Crippen LogP contribution in [0.25, 0.3) is 4.96 Å². The van der Waals surface area contributed by atoms with E-state index in [-0.39, 0.29) is 5.78 Å². The zero-order chi connectivity index (χ0) is 11.8. The fourth-order valence-electron chi connectivity index (χ4n) is 1.74. The minimum absolute atomic E-state index is 0.0377. The molecule has 0 N–H and O–H groups in total. The van der Waals surface area contributed by atoms with Crippen molar-refractivity contribution < 1.29 is 4.79 Å². The monoisotopic (exact) mass is 246 g/mol. The highest BCUT2D eigenvalue weighted by atomic mass is 32.1. The number of rotatable bonds is 3. The van der Waals surface area contributed by atoms with Crippen molar-refractivity contribution in [1.82, 2.24) is 18.9 Å². The first kappa shape index (κ1) is 10.2. The molecule has 0 aliphatic heterocycles. The van der Waals surface area contributed by atoms with E-state index in [0.29, 0.717) is 12.1 Å². The summed E-state index contributed by atoms with van der Waals surface area (Å²) < 4.78 is 3.65. The van der Waals surface area contributed by atoms with E-state index in [2.05, 4.69) is 9.97 Å². The number of imidazole rings is 2. The fraction of sp³-hybridized carbons (Fsp3) is 0.182. The number of carbonyl (C=O) groups excluding carboxylic acids is 1. The number of hydrogen-bond donors (Lipinski definition) is 0. The Bertz CT molecular complexity index is 650. The van der Waals surface area contributed by atoms with Crippen molar-refractivity contribution in [1.29, 1.82) is 0 Å². The Balaban J connectivity index is 1.86. The normalized spacial score (nSPS) is 11.1. The highest BCUT2D eigenvalue weighted by Gasteiger charge is 2.13. The van der Waals surface area contributed by atoms with Crippen molar-refractivity contribution in [3.8, 4) is 0 Å². The summed E-state index contributed by atoms with van der Waals surface area (Å²) in [4.78, 5) is 21.2. The van der Waals surface area contributed by atoms with E-state index >= 15 is 0 Å². The van der Waals surface area contributed by atoms with Gasteiger partial charge < -0.3 is 4.57 Å². The van der Waals surface area contributed by atoms with Crippen molar-refractivity contribution in [2.45, 2.75) is 6.42 Å². The summed E-state index contributed by atoms with van der Waals surface area (Å²) in [5, 5.41) is 1.97. The molecule has 6 heteroatoms.